The van der Waals surface area contributed by atoms with E-state index in [0.29, 0.717) is 10.8 Å². The van der Waals surface area contributed by atoms with Gasteiger partial charge in [0.2, 0.25) is 11.5 Å². The van der Waals surface area contributed by atoms with Crippen molar-refractivity contribution in [1.29, 1.82) is 0 Å². The third kappa shape index (κ3) is 4.54. The van der Waals surface area contributed by atoms with Crippen LogP contribution in [0.4, 0.5) is 22.7 Å². The Bertz CT molecular complexity index is 1450. The van der Waals surface area contributed by atoms with Crippen LogP contribution in [-0.2, 0) is 0 Å². The molecule has 0 aliphatic carbocycles. The minimum absolute atomic E-state index is 0.146. The summed E-state index contributed by atoms with van der Waals surface area (Å²) in [6.07, 6.45) is 0. The predicted octanol–water partition coefficient (Wildman–Crippen LogP) is 6.06. The van der Waals surface area contributed by atoms with Crippen molar-refractivity contribution >= 4 is 33.5 Å². The SMILES string of the molecule is O=[N+]([O-])c1ccc(Oc2ccc(Oc3ccc([N+](=O)[O-])cc3[N+](=O)[O-])c3ccccc23)c([N+](=O)[O-])c1. The number of nitrogens with zero attached hydrogens (tertiary/aromatic N) is 4. The second kappa shape index (κ2) is 9.30. The number of fused-ring (bicyclic) bond motifs is 1. The van der Waals surface area contributed by atoms with E-state index in [0.717, 1.165) is 36.4 Å². The van der Waals surface area contributed by atoms with Crippen LogP contribution in [0.25, 0.3) is 10.8 Å². The van der Waals surface area contributed by atoms with Crippen LogP contribution < -0.4 is 9.47 Å². The maximum absolute atomic E-state index is 11.4. The average Bonchev–Trinajstić information content (AvgIpc) is 2.85. The van der Waals surface area contributed by atoms with Gasteiger partial charge in [-0.1, -0.05) is 24.3 Å². The Morgan fingerprint density at radius 1 is 0.472 bits per heavy atom. The molecule has 0 heterocycles. The maximum Gasteiger partial charge on any atom is 0.318 e. The summed E-state index contributed by atoms with van der Waals surface area (Å²) in [5.41, 5.74) is -2.19. The molecule has 4 aromatic rings. The Morgan fingerprint density at radius 3 is 1.17 bits per heavy atom. The summed E-state index contributed by atoms with van der Waals surface area (Å²) >= 11 is 0. The fourth-order valence-corrected chi connectivity index (χ4v) is 3.36. The minimum Gasteiger partial charge on any atom is -0.449 e. The summed E-state index contributed by atoms with van der Waals surface area (Å²) in [6.45, 7) is 0. The van der Waals surface area contributed by atoms with Gasteiger partial charge >= 0.3 is 11.4 Å². The molecule has 0 spiro atoms. The number of nitro groups is 4. The van der Waals surface area contributed by atoms with Crippen LogP contribution in [-0.4, -0.2) is 19.7 Å². The molecule has 0 fully saturated rings. The van der Waals surface area contributed by atoms with Gasteiger partial charge < -0.3 is 9.47 Å². The Hall–Kier alpha value is -5.66. The highest BCUT2D eigenvalue weighted by Crippen LogP contribution is 2.42. The molecule has 0 amide bonds. The van der Waals surface area contributed by atoms with E-state index in [9.17, 15) is 40.5 Å². The van der Waals surface area contributed by atoms with Crippen LogP contribution in [0.1, 0.15) is 0 Å². The molecule has 0 aliphatic rings. The van der Waals surface area contributed by atoms with Crippen LogP contribution >= 0.6 is 0 Å². The molecular weight excluding hydrogens is 480 g/mol. The molecule has 0 aromatic heterocycles. The standard InChI is InChI=1S/C22H12N4O10/c27-23(28)13-5-7-21(17(11-13)25(31)32)35-19-9-10-20(16-4-2-1-3-15(16)19)36-22-8-6-14(24(29)30)12-18(22)26(33)34/h1-12H. The number of hydrogen-bond acceptors (Lipinski definition) is 10. The Labute approximate surface area is 199 Å². The number of benzene rings is 4. The molecule has 4 rings (SSSR count). The normalized spacial score (nSPS) is 10.6. The van der Waals surface area contributed by atoms with Gasteiger partial charge in [0.1, 0.15) is 11.5 Å². The molecule has 4 aromatic carbocycles. The smallest absolute Gasteiger partial charge is 0.318 e. The van der Waals surface area contributed by atoms with E-state index in [1.54, 1.807) is 24.3 Å². The Morgan fingerprint density at radius 2 is 0.833 bits per heavy atom. The van der Waals surface area contributed by atoms with Crippen LogP contribution in [0.3, 0.4) is 0 Å². The summed E-state index contributed by atoms with van der Waals surface area (Å²) in [4.78, 5) is 41.7. The van der Waals surface area contributed by atoms with Crippen LogP contribution in [0.5, 0.6) is 23.0 Å². The van der Waals surface area contributed by atoms with Crippen molar-refractivity contribution in [3.63, 3.8) is 0 Å². The molecule has 0 N–H and O–H groups in total. The molecule has 14 nitrogen and oxygen atoms in total. The van der Waals surface area contributed by atoms with E-state index in [1.807, 2.05) is 0 Å². The zero-order chi connectivity index (χ0) is 26.0. The van der Waals surface area contributed by atoms with Gasteiger partial charge in [0.05, 0.1) is 31.8 Å². The van der Waals surface area contributed by atoms with Crippen molar-refractivity contribution in [3.8, 4) is 23.0 Å². The largest absolute Gasteiger partial charge is 0.449 e. The summed E-state index contributed by atoms with van der Waals surface area (Å²) in [6, 6.07) is 15.2. The molecule has 0 aliphatic heterocycles. The first-order valence-corrected chi connectivity index (χ1v) is 9.89. The molecule has 36 heavy (non-hydrogen) atoms. The molecule has 0 saturated carbocycles. The topological polar surface area (TPSA) is 191 Å². The molecule has 14 heteroatoms. The molecule has 0 unspecified atom stereocenters. The molecule has 0 saturated heterocycles. The highest BCUT2D eigenvalue weighted by molar-refractivity contribution is 5.93. The van der Waals surface area contributed by atoms with Crippen molar-refractivity contribution in [1.82, 2.24) is 0 Å². The summed E-state index contributed by atoms with van der Waals surface area (Å²) in [5, 5.41) is 45.7. The van der Waals surface area contributed by atoms with E-state index < -0.39 is 42.4 Å². The van der Waals surface area contributed by atoms with E-state index in [-0.39, 0.29) is 23.0 Å². The second-order valence-electron chi connectivity index (χ2n) is 7.14. The first kappa shape index (κ1) is 23.5. The number of ether oxygens (including phenoxy) is 2. The Kier molecular flexibility index (Phi) is 6.07. The highest BCUT2D eigenvalue weighted by Gasteiger charge is 2.24. The average molecular weight is 492 g/mol. The summed E-state index contributed by atoms with van der Waals surface area (Å²) in [5.74, 6) is -0.188. The monoisotopic (exact) mass is 492 g/mol. The second-order valence-corrected chi connectivity index (χ2v) is 7.14. The van der Waals surface area contributed by atoms with Crippen molar-refractivity contribution in [2.24, 2.45) is 0 Å². The lowest BCUT2D eigenvalue weighted by atomic mass is 10.1. The van der Waals surface area contributed by atoms with Gasteiger partial charge in [-0.05, 0) is 24.3 Å². The number of hydrogen-bond donors (Lipinski definition) is 0. The molecule has 0 bridgehead atoms. The lowest BCUT2D eigenvalue weighted by Crippen LogP contribution is -1.98. The number of nitro benzene ring substituents is 4. The third-order valence-corrected chi connectivity index (χ3v) is 4.98. The van der Waals surface area contributed by atoms with Gasteiger partial charge in [-0.25, -0.2) is 0 Å². The van der Waals surface area contributed by atoms with Gasteiger partial charge in [-0.3, -0.25) is 40.5 Å². The van der Waals surface area contributed by atoms with E-state index in [2.05, 4.69) is 0 Å². The van der Waals surface area contributed by atoms with E-state index >= 15 is 0 Å². The first-order valence-electron chi connectivity index (χ1n) is 9.89. The van der Waals surface area contributed by atoms with Crippen molar-refractivity contribution in [2.75, 3.05) is 0 Å². The van der Waals surface area contributed by atoms with Crippen LogP contribution in [0.2, 0.25) is 0 Å². The fourth-order valence-electron chi connectivity index (χ4n) is 3.36. The van der Waals surface area contributed by atoms with Gasteiger partial charge in [0, 0.05) is 22.9 Å². The number of rotatable bonds is 8. The fraction of sp³-hybridized carbons (Fsp3) is 0. The predicted molar refractivity (Wildman–Crippen MR) is 124 cm³/mol. The van der Waals surface area contributed by atoms with Crippen molar-refractivity contribution in [3.05, 3.63) is 113 Å². The van der Waals surface area contributed by atoms with Crippen molar-refractivity contribution < 1.29 is 29.2 Å². The lowest BCUT2D eigenvalue weighted by molar-refractivity contribution is -0.394. The highest BCUT2D eigenvalue weighted by atomic mass is 16.6. The van der Waals surface area contributed by atoms with Gasteiger partial charge in [-0.15, -0.1) is 0 Å². The van der Waals surface area contributed by atoms with Gasteiger partial charge in [-0.2, -0.15) is 0 Å². The van der Waals surface area contributed by atoms with E-state index in [1.165, 1.54) is 12.1 Å². The number of non-ortho nitro benzene ring substituents is 2. The summed E-state index contributed by atoms with van der Waals surface area (Å²) in [7, 11) is 0. The van der Waals surface area contributed by atoms with Gasteiger partial charge in [0.15, 0.2) is 0 Å². The lowest BCUT2D eigenvalue weighted by Gasteiger charge is -2.13. The summed E-state index contributed by atoms with van der Waals surface area (Å²) < 4.78 is 11.5. The maximum atomic E-state index is 11.4. The van der Waals surface area contributed by atoms with Gasteiger partial charge in [0.25, 0.3) is 11.4 Å². The van der Waals surface area contributed by atoms with Crippen molar-refractivity contribution in [2.45, 2.75) is 0 Å². The molecular formula is C22H12N4O10. The first-order chi connectivity index (χ1) is 17.2. The zero-order valence-electron chi connectivity index (χ0n) is 17.8. The van der Waals surface area contributed by atoms with Crippen LogP contribution in [0, 0.1) is 40.5 Å². The zero-order valence-corrected chi connectivity index (χ0v) is 17.8. The van der Waals surface area contributed by atoms with Crippen LogP contribution in [0.15, 0.2) is 72.8 Å². The molecule has 0 radical (unpaired) electrons. The minimum atomic E-state index is -0.810. The molecule has 180 valence electrons. The third-order valence-electron chi connectivity index (χ3n) is 4.98. The Balaban J connectivity index is 1.76. The molecule has 0 atom stereocenters. The quantitative estimate of drug-likeness (QED) is 0.206. The van der Waals surface area contributed by atoms with E-state index in [4.69, 9.17) is 9.47 Å².